The Hall–Kier alpha value is -2.37. The number of amides is 2. The molecule has 2 amide bonds. The van der Waals surface area contributed by atoms with E-state index in [1.165, 1.54) is 7.11 Å². The van der Waals surface area contributed by atoms with Gasteiger partial charge in [-0.25, -0.2) is 0 Å². The van der Waals surface area contributed by atoms with E-state index in [9.17, 15) is 14.4 Å². The molecular formula is C17H24N2O4. The van der Waals surface area contributed by atoms with Crippen LogP contribution in [-0.2, 0) is 14.3 Å². The molecule has 0 aliphatic rings. The van der Waals surface area contributed by atoms with Crippen molar-refractivity contribution < 1.29 is 19.1 Å². The van der Waals surface area contributed by atoms with Crippen LogP contribution in [0, 0.1) is 0 Å². The first-order chi connectivity index (χ1) is 11.0. The molecule has 0 saturated carbocycles. The Balaban J connectivity index is 2.80. The molecule has 0 aliphatic heterocycles. The second-order valence-corrected chi connectivity index (χ2v) is 5.17. The molecule has 6 heteroatoms. The molecule has 0 fully saturated rings. The SMILES string of the molecule is CCCN(CCC)C(=O)c1cccc(NC(=O)CC(=O)OC)c1. The average molecular weight is 320 g/mol. The Morgan fingerprint density at radius 3 is 2.35 bits per heavy atom. The van der Waals surface area contributed by atoms with Gasteiger partial charge in [0.2, 0.25) is 5.91 Å². The third-order valence-electron chi connectivity index (χ3n) is 3.20. The number of methoxy groups -OCH3 is 1. The minimum absolute atomic E-state index is 0.0576. The highest BCUT2D eigenvalue weighted by molar-refractivity contribution is 6.02. The number of nitrogens with zero attached hydrogens (tertiary/aromatic N) is 1. The summed E-state index contributed by atoms with van der Waals surface area (Å²) in [4.78, 5) is 37.1. The normalized spacial score (nSPS) is 10.0. The molecule has 0 saturated heterocycles. The van der Waals surface area contributed by atoms with Crippen molar-refractivity contribution in [2.75, 3.05) is 25.5 Å². The van der Waals surface area contributed by atoms with Crippen molar-refractivity contribution in [1.29, 1.82) is 0 Å². The summed E-state index contributed by atoms with van der Waals surface area (Å²) < 4.78 is 4.45. The van der Waals surface area contributed by atoms with Crippen LogP contribution < -0.4 is 5.32 Å². The van der Waals surface area contributed by atoms with Gasteiger partial charge in [-0.2, -0.15) is 0 Å². The zero-order valence-electron chi connectivity index (χ0n) is 13.9. The number of nitrogens with one attached hydrogen (secondary N) is 1. The third-order valence-corrected chi connectivity index (χ3v) is 3.20. The number of esters is 1. The summed E-state index contributed by atoms with van der Waals surface area (Å²) in [5, 5.41) is 2.59. The molecule has 0 aliphatic carbocycles. The Bertz CT molecular complexity index is 551. The van der Waals surface area contributed by atoms with Gasteiger partial charge in [0.1, 0.15) is 6.42 Å². The van der Waals surface area contributed by atoms with Gasteiger partial charge in [0.15, 0.2) is 0 Å². The molecule has 0 aromatic heterocycles. The highest BCUT2D eigenvalue weighted by atomic mass is 16.5. The van der Waals surface area contributed by atoms with Crippen molar-refractivity contribution in [1.82, 2.24) is 4.90 Å². The van der Waals surface area contributed by atoms with E-state index in [1.54, 1.807) is 29.2 Å². The first kappa shape index (κ1) is 18.7. The molecule has 6 nitrogen and oxygen atoms in total. The lowest BCUT2D eigenvalue weighted by atomic mass is 10.1. The lowest BCUT2D eigenvalue weighted by molar-refractivity contribution is -0.142. The highest BCUT2D eigenvalue weighted by Crippen LogP contribution is 2.14. The fraction of sp³-hybridized carbons (Fsp3) is 0.471. The Morgan fingerprint density at radius 1 is 1.13 bits per heavy atom. The van der Waals surface area contributed by atoms with Crippen LogP contribution in [0.5, 0.6) is 0 Å². The fourth-order valence-corrected chi connectivity index (χ4v) is 2.18. The largest absolute Gasteiger partial charge is 0.469 e. The van der Waals surface area contributed by atoms with Gasteiger partial charge < -0.3 is 15.0 Å². The van der Waals surface area contributed by atoms with E-state index < -0.39 is 11.9 Å². The van der Waals surface area contributed by atoms with E-state index in [0.717, 1.165) is 12.8 Å². The lowest BCUT2D eigenvalue weighted by Gasteiger charge is -2.21. The van der Waals surface area contributed by atoms with E-state index in [1.807, 2.05) is 13.8 Å². The van der Waals surface area contributed by atoms with Crippen LogP contribution in [0.1, 0.15) is 43.5 Å². The third kappa shape index (κ3) is 6.10. The topological polar surface area (TPSA) is 75.7 Å². The van der Waals surface area contributed by atoms with E-state index in [-0.39, 0.29) is 12.3 Å². The highest BCUT2D eigenvalue weighted by Gasteiger charge is 2.15. The van der Waals surface area contributed by atoms with Gasteiger partial charge in [0.05, 0.1) is 7.11 Å². The summed E-state index contributed by atoms with van der Waals surface area (Å²) in [6, 6.07) is 6.72. The summed E-state index contributed by atoms with van der Waals surface area (Å²) in [5.41, 5.74) is 1.00. The maximum atomic E-state index is 12.5. The van der Waals surface area contributed by atoms with Crippen molar-refractivity contribution in [2.45, 2.75) is 33.1 Å². The lowest BCUT2D eigenvalue weighted by Crippen LogP contribution is -2.32. The van der Waals surface area contributed by atoms with E-state index in [2.05, 4.69) is 10.1 Å². The van der Waals surface area contributed by atoms with Crippen molar-refractivity contribution in [2.24, 2.45) is 0 Å². The predicted octanol–water partition coefficient (Wildman–Crippen LogP) is 2.45. The smallest absolute Gasteiger partial charge is 0.315 e. The summed E-state index contributed by atoms with van der Waals surface area (Å²) in [6.07, 6.45) is 1.43. The van der Waals surface area contributed by atoms with Crippen LogP contribution >= 0.6 is 0 Å². The van der Waals surface area contributed by atoms with Crippen molar-refractivity contribution in [3.05, 3.63) is 29.8 Å². The van der Waals surface area contributed by atoms with Gasteiger partial charge in [0.25, 0.3) is 5.91 Å². The van der Waals surface area contributed by atoms with Gasteiger partial charge in [-0.05, 0) is 31.0 Å². The van der Waals surface area contributed by atoms with Crippen LogP contribution in [-0.4, -0.2) is 42.9 Å². The maximum absolute atomic E-state index is 12.5. The number of carbonyl (C=O) groups is 3. The molecule has 1 N–H and O–H groups in total. The number of benzene rings is 1. The fourth-order valence-electron chi connectivity index (χ4n) is 2.18. The van der Waals surface area contributed by atoms with Crippen LogP contribution in [0.25, 0.3) is 0 Å². The molecule has 0 atom stereocenters. The summed E-state index contributed by atoms with van der Waals surface area (Å²) in [5.74, 6) is -1.13. The van der Waals surface area contributed by atoms with Crippen LogP contribution in [0.2, 0.25) is 0 Å². The molecule has 1 aromatic carbocycles. The second kappa shape index (κ2) is 9.61. The molecule has 1 aromatic rings. The summed E-state index contributed by atoms with van der Waals surface area (Å²) >= 11 is 0. The quantitative estimate of drug-likeness (QED) is 0.589. The number of carbonyl (C=O) groups excluding carboxylic acids is 3. The van der Waals surface area contributed by atoms with Gasteiger partial charge in [-0.1, -0.05) is 19.9 Å². The van der Waals surface area contributed by atoms with Gasteiger partial charge in [-0.3, -0.25) is 14.4 Å². The first-order valence-corrected chi connectivity index (χ1v) is 7.77. The zero-order chi connectivity index (χ0) is 17.2. The Morgan fingerprint density at radius 2 is 1.78 bits per heavy atom. The number of hydrogen-bond acceptors (Lipinski definition) is 4. The number of hydrogen-bond donors (Lipinski definition) is 1. The predicted molar refractivity (Wildman–Crippen MR) is 88.2 cm³/mol. The molecule has 0 bridgehead atoms. The number of anilines is 1. The summed E-state index contributed by atoms with van der Waals surface area (Å²) in [6.45, 7) is 5.45. The van der Waals surface area contributed by atoms with Crippen molar-refractivity contribution in [3.63, 3.8) is 0 Å². The minimum atomic E-state index is -0.605. The van der Waals surface area contributed by atoms with Gasteiger partial charge in [-0.15, -0.1) is 0 Å². The second-order valence-electron chi connectivity index (χ2n) is 5.17. The van der Waals surface area contributed by atoms with Crippen LogP contribution in [0.4, 0.5) is 5.69 Å². The maximum Gasteiger partial charge on any atom is 0.315 e. The summed E-state index contributed by atoms with van der Waals surface area (Å²) in [7, 11) is 1.23. The minimum Gasteiger partial charge on any atom is -0.469 e. The Kier molecular flexibility index (Phi) is 7.80. The number of ether oxygens (including phenoxy) is 1. The Labute approximate surface area is 136 Å². The molecule has 23 heavy (non-hydrogen) atoms. The first-order valence-electron chi connectivity index (χ1n) is 7.77. The monoisotopic (exact) mass is 320 g/mol. The average Bonchev–Trinajstić information content (AvgIpc) is 2.54. The molecule has 1 rings (SSSR count). The zero-order valence-corrected chi connectivity index (χ0v) is 13.9. The molecule has 0 radical (unpaired) electrons. The van der Waals surface area contributed by atoms with Crippen molar-refractivity contribution >= 4 is 23.5 Å². The van der Waals surface area contributed by atoms with E-state index in [4.69, 9.17) is 0 Å². The molecule has 0 heterocycles. The van der Waals surface area contributed by atoms with Crippen LogP contribution in [0.3, 0.4) is 0 Å². The van der Waals surface area contributed by atoms with Gasteiger partial charge in [0, 0.05) is 24.3 Å². The molecule has 0 unspecified atom stereocenters. The molecule has 0 spiro atoms. The molecular weight excluding hydrogens is 296 g/mol. The van der Waals surface area contributed by atoms with Gasteiger partial charge >= 0.3 is 5.97 Å². The van der Waals surface area contributed by atoms with E-state index in [0.29, 0.717) is 24.3 Å². The number of rotatable bonds is 8. The standard InChI is InChI=1S/C17H24N2O4/c1-4-9-19(10-5-2)17(22)13-7-6-8-14(11-13)18-15(20)12-16(21)23-3/h6-8,11H,4-5,9-10,12H2,1-3H3,(H,18,20). The van der Waals surface area contributed by atoms with Crippen LogP contribution in [0.15, 0.2) is 24.3 Å². The van der Waals surface area contributed by atoms with E-state index >= 15 is 0 Å². The van der Waals surface area contributed by atoms with Crippen molar-refractivity contribution in [3.8, 4) is 0 Å². The molecule has 126 valence electrons.